The van der Waals surface area contributed by atoms with Crippen LogP contribution in [0, 0.1) is 11.3 Å². The highest BCUT2D eigenvalue weighted by atomic mass is 79.9. The van der Waals surface area contributed by atoms with Gasteiger partial charge < -0.3 is 14.9 Å². The van der Waals surface area contributed by atoms with Crippen molar-refractivity contribution in [2.75, 3.05) is 6.61 Å². The maximum Gasteiger partial charge on any atom is 0.277 e. The van der Waals surface area contributed by atoms with Crippen LogP contribution >= 0.6 is 15.9 Å². The third-order valence-electron chi connectivity index (χ3n) is 2.83. The third kappa shape index (κ3) is 4.72. The highest BCUT2D eigenvalue weighted by Crippen LogP contribution is 2.22. The van der Waals surface area contributed by atoms with Crippen LogP contribution < -0.4 is 10.2 Å². The van der Waals surface area contributed by atoms with Crippen LogP contribution in [0.1, 0.15) is 11.1 Å². The first-order valence-corrected chi connectivity index (χ1v) is 7.45. The van der Waals surface area contributed by atoms with E-state index >= 15 is 0 Å². The number of nitrogens with one attached hydrogen (secondary N) is 1. The van der Waals surface area contributed by atoms with Crippen LogP contribution in [-0.4, -0.2) is 28.9 Å². The number of carbonyl (C=O) groups is 1. The smallest absolute Gasteiger partial charge is 0.277 e. The van der Waals surface area contributed by atoms with Gasteiger partial charge in [0.1, 0.15) is 23.3 Å². The number of nitriles is 1. The van der Waals surface area contributed by atoms with Gasteiger partial charge in [-0.2, -0.15) is 10.4 Å². The number of carbonyl (C=O) groups excluding carboxylic acids is 1. The number of benzene rings is 2. The van der Waals surface area contributed by atoms with Gasteiger partial charge in [0.25, 0.3) is 5.91 Å². The summed E-state index contributed by atoms with van der Waals surface area (Å²) >= 11 is 3.24. The van der Waals surface area contributed by atoms with Crippen molar-refractivity contribution in [2.24, 2.45) is 5.10 Å². The molecule has 0 fully saturated rings. The number of hydrazone groups is 1. The van der Waals surface area contributed by atoms with Crippen molar-refractivity contribution in [2.45, 2.75) is 0 Å². The SMILES string of the molecule is N#Cc1cc(Br)ccc1OCC(=O)NN=Cc1ccc(O)cc1O. The average Bonchev–Trinajstić information content (AvgIpc) is 2.55. The molecule has 0 aliphatic carbocycles. The summed E-state index contributed by atoms with van der Waals surface area (Å²) in [7, 11) is 0. The van der Waals surface area contributed by atoms with Crippen molar-refractivity contribution < 1.29 is 19.7 Å². The highest BCUT2D eigenvalue weighted by molar-refractivity contribution is 9.10. The van der Waals surface area contributed by atoms with Gasteiger partial charge in [-0.15, -0.1) is 0 Å². The van der Waals surface area contributed by atoms with Crippen LogP contribution in [0.15, 0.2) is 46.0 Å². The normalized spacial score (nSPS) is 10.3. The van der Waals surface area contributed by atoms with E-state index in [1.807, 2.05) is 6.07 Å². The Bertz CT molecular complexity index is 831. The number of hydrogen-bond acceptors (Lipinski definition) is 6. The predicted octanol–water partition coefficient (Wildman–Crippen LogP) is 2.26. The summed E-state index contributed by atoms with van der Waals surface area (Å²) in [5, 5.41) is 31.4. The lowest BCUT2D eigenvalue weighted by molar-refractivity contribution is -0.123. The molecule has 0 saturated heterocycles. The third-order valence-corrected chi connectivity index (χ3v) is 3.32. The van der Waals surface area contributed by atoms with Crippen molar-refractivity contribution in [1.29, 1.82) is 5.26 Å². The second-order valence-electron chi connectivity index (χ2n) is 4.58. The average molecular weight is 390 g/mol. The van der Waals surface area contributed by atoms with E-state index in [1.165, 1.54) is 18.3 Å². The molecule has 0 saturated carbocycles. The molecule has 0 bridgehead atoms. The van der Waals surface area contributed by atoms with Crippen LogP contribution in [-0.2, 0) is 4.79 Å². The molecule has 2 aromatic carbocycles. The minimum atomic E-state index is -0.531. The number of nitrogens with zero attached hydrogens (tertiary/aromatic N) is 2. The first-order chi connectivity index (χ1) is 11.5. The van der Waals surface area contributed by atoms with Gasteiger partial charge in [0.15, 0.2) is 6.61 Å². The van der Waals surface area contributed by atoms with Crippen LogP contribution in [0.5, 0.6) is 17.2 Å². The molecule has 2 rings (SSSR count). The Labute approximate surface area is 145 Å². The van der Waals surface area contributed by atoms with E-state index in [1.54, 1.807) is 18.2 Å². The number of amides is 1. The summed E-state index contributed by atoms with van der Waals surface area (Å²) in [4.78, 5) is 11.7. The second kappa shape index (κ2) is 7.99. The minimum Gasteiger partial charge on any atom is -0.508 e. The predicted molar refractivity (Wildman–Crippen MR) is 89.9 cm³/mol. The molecule has 8 heteroatoms. The number of aromatic hydroxyl groups is 2. The molecule has 24 heavy (non-hydrogen) atoms. The Morgan fingerprint density at radius 3 is 2.83 bits per heavy atom. The largest absolute Gasteiger partial charge is 0.508 e. The maximum absolute atomic E-state index is 11.7. The van der Waals surface area contributed by atoms with E-state index in [9.17, 15) is 15.0 Å². The zero-order valence-electron chi connectivity index (χ0n) is 12.2. The van der Waals surface area contributed by atoms with Crippen molar-refractivity contribution in [3.8, 4) is 23.3 Å². The Morgan fingerprint density at radius 1 is 1.33 bits per heavy atom. The van der Waals surface area contributed by atoms with Crippen molar-refractivity contribution >= 4 is 28.1 Å². The summed E-state index contributed by atoms with van der Waals surface area (Å²) in [6, 6.07) is 10.8. The van der Waals surface area contributed by atoms with Crippen LogP contribution in [0.4, 0.5) is 0 Å². The van der Waals surface area contributed by atoms with Gasteiger partial charge in [0, 0.05) is 16.1 Å². The molecule has 0 heterocycles. The summed E-state index contributed by atoms with van der Waals surface area (Å²) in [5.74, 6) is -0.491. The maximum atomic E-state index is 11.7. The molecule has 0 aliphatic rings. The summed E-state index contributed by atoms with van der Waals surface area (Å²) in [5.41, 5.74) is 2.86. The molecule has 2 aromatic rings. The number of phenolic OH excluding ortho intramolecular Hbond substituents is 2. The Kier molecular flexibility index (Phi) is 5.76. The topological polar surface area (TPSA) is 115 Å². The summed E-state index contributed by atoms with van der Waals surface area (Å²) < 4.78 is 6.01. The monoisotopic (exact) mass is 389 g/mol. The van der Waals surface area contributed by atoms with Gasteiger partial charge in [-0.05, 0) is 30.3 Å². The molecule has 7 nitrogen and oxygen atoms in total. The molecule has 1 amide bonds. The van der Waals surface area contributed by atoms with Crippen molar-refractivity contribution in [3.63, 3.8) is 0 Å². The molecule has 0 radical (unpaired) electrons. The van der Waals surface area contributed by atoms with Gasteiger partial charge in [-0.25, -0.2) is 5.43 Å². The highest BCUT2D eigenvalue weighted by Gasteiger charge is 2.07. The van der Waals surface area contributed by atoms with Crippen LogP contribution in [0.25, 0.3) is 0 Å². The lowest BCUT2D eigenvalue weighted by Crippen LogP contribution is -2.24. The quantitative estimate of drug-likeness (QED) is 0.535. The fraction of sp³-hybridized carbons (Fsp3) is 0.0625. The molecule has 0 atom stereocenters. The fourth-order valence-electron chi connectivity index (χ4n) is 1.71. The Morgan fingerprint density at radius 2 is 2.12 bits per heavy atom. The number of phenols is 2. The Hall–Kier alpha value is -3.05. The van der Waals surface area contributed by atoms with Gasteiger partial charge in [0.05, 0.1) is 11.8 Å². The summed E-state index contributed by atoms with van der Waals surface area (Å²) in [6.45, 7) is -0.324. The molecule has 3 N–H and O–H groups in total. The van der Waals surface area contributed by atoms with Gasteiger partial charge in [0.2, 0.25) is 0 Å². The number of ether oxygens (including phenoxy) is 1. The molecule has 0 aromatic heterocycles. The van der Waals surface area contributed by atoms with E-state index in [4.69, 9.17) is 10.00 Å². The molecule has 122 valence electrons. The van der Waals surface area contributed by atoms with E-state index in [2.05, 4.69) is 26.5 Å². The molecule has 0 unspecified atom stereocenters. The lowest BCUT2D eigenvalue weighted by atomic mass is 10.2. The molecule has 0 spiro atoms. The Balaban J connectivity index is 1.90. The zero-order chi connectivity index (χ0) is 17.5. The first-order valence-electron chi connectivity index (χ1n) is 6.66. The van der Waals surface area contributed by atoms with Crippen molar-refractivity contribution in [1.82, 2.24) is 5.43 Å². The van der Waals surface area contributed by atoms with Gasteiger partial charge in [-0.3, -0.25) is 4.79 Å². The van der Waals surface area contributed by atoms with Crippen LogP contribution in [0.2, 0.25) is 0 Å². The first kappa shape index (κ1) is 17.3. The molecular weight excluding hydrogens is 378 g/mol. The number of rotatable bonds is 5. The van der Waals surface area contributed by atoms with Gasteiger partial charge in [-0.1, -0.05) is 15.9 Å². The van der Waals surface area contributed by atoms with Crippen molar-refractivity contribution in [3.05, 3.63) is 52.0 Å². The number of halogens is 1. The van der Waals surface area contributed by atoms with E-state index in [-0.39, 0.29) is 23.9 Å². The van der Waals surface area contributed by atoms with E-state index < -0.39 is 5.91 Å². The van der Waals surface area contributed by atoms with Gasteiger partial charge >= 0.3 is 0 Å². The van der Waals surface area contributed by atoms with E-state index in [0.29, 0.717) is 11.1 Å². The fourth-order valence-corrected chi connectivity index (χ4v) is 2.07. The van der Waals surface area contributed by atoms with Crippen LogP contribution in [0.3, 0.4) is 0 Å². The molecular formula is C16H12BrN3O4. The number of hydrogen-bond donors (Lipinski definition) is 3. The zero-order valence-corrected chi connectivity index (χ0v) is 13.8. The van der Waals surface area contributed by atoms with E-state index in [0.717, 1.165) is 10.5 Å². The standard InChI is InChI=1S/C16H12BrN3O4/c17-12-2-4-15(11(5-12)7-18)24-9-16(23)20-19-8-10-1-3-13(21)6-14(10)22/h1-6,8,21-22H,9H2,(H,20,23). The minimum absolute atomic E-state index is 0.0788. The summed E-state index contributed by atoms with van der Waals surface area (Å²) in [6.07, 6.45) is 1.23. The molecule has 0 aliphatic heterocycles. The lowest BCUT2D eigenvalue weighted by Gasteiger charge is -2.07. The second-order valence-corrected chi connectivity index (χ2v) is 5.49.